The van der Waals surface area contributed by atoms with Gasteiger partial charge >= 0.3 is 0 Å². The highest BCUT2D eigenvalue weighted by molar-refractivity contribution is 5.64. The lowest BCUT2D eigenvalue weighted by Crippen LogP contribution is -2.53. The largest absolute Gasteiger partial charge is 0.490 e. The average Bonchev–Trinajstić information content (AvgIpc) is 2.45. The van der Waals surface area contributed by atoms with Crippen LogP contribution < -0.4 is 15.0 Å². The van der Waals surface area contributed by atoms with Crippen LogP contribution >= 0.6 is 0 Å². The van der Waals surface area contributed by atoms with Crippen molar-refractivity contribution in [2.75, 3.05) is 50.6 Å². The number of hydrogen-bond acceptors (Lipinski definition) is 6. The zero-order valence-electron chi connectivity index (χ0n) is 13.1. The van der Waals surface area contributed by atoms with Crippen molar-refractivity contribution in [3.63, 3.8) is 0 Å². The Morgan fingerprint density at radius 3 is 2.30 bits per heavy atom. The minimum atomic E-state index is 0.220. The van der Waals surface area contributed by atoms with E-state index in [2.05, 4.69) is 45.9 Å². The molecule has 0 unspecified atom stereocenters. The van der Waals surface area contributed by atoms with Crippen molar-refractivity contribution in [3.05, 3.63) is 6.33 Å². The molecule has 0 aromatic carbocycles. The third-order valence-electron chi connectivity index (χ3n) is 3.75. The number of piperazine rings is 1. The van der Waals surface area contributed by atoms with E-state index in [1.165, 1.54) is 0 Å². The molecule has 0 atom stereocenters. The predicted octanol–water partition coefficient (Wildman–Crippen LogP) is 1.45. The molecule has 2 heterocycles. The maximum Gasteiger partial charge on any atom is 0.204 e. The minimum Gasteiger partial charge on any atom is -0.490 e. The standard InChI is InChI=1S/C14H25N5O/c1-14(2,3)19-8-6-18(7-9-19)13-11(20-5)12(15-4)16-10-17-13/h10H,6-9H2,1-5H3,(H,15,16,17). The number of rotatable bonds is 3. The molecule has 0 spiro atoms. The second-order valence-corrected chi connectivity index (χ2v) is 5.97. The van der Waals surface area contributed by atoms with Crippen LogP contribution in [0.15, 0.2) is 6.33 Å². The van der Waals surface area contributed by atoms with Crippen LogP contribution in [0.1, 0.15) is 20.8 Å². The van der Waals surface area contributed by atoms with Crippen molar-refractivity contribution < 1.29 is 4.74 Å². The van der Waals surface area contributed by atoms with E-state index in [0.29, 0.717) is 0 Å². The first kappa shape index (κ1) is 14.8. The highest BCUT2D eigenvalue weighted by atomic mass is 16.5. The van der Waals surface area contributed by atoms with Crippen LogP contribution in [0, 0.1) is 0 Å². The van der Waals surface area contributed by atoms with E-state index in [1.807, 2.05) is 7.05 Å². The van der Waals surface area contributed by atoms with Gasteiger partial charge in [-0.05, 0) is 20.8 Å². The van der Waals surface area contributed by atoms with Gasteiger partial charge in [-0.2, -0.15) is 0 Å². The summed E-state index contributed by atoms with van der Waals surface area (Å²) >= 11 is 0. The molecule has 1 aliphatic rings. The fourth-order valence-corrected chi connectivity index (χ4v) is 2.54. The Labute approximate surface area is 121 Å². The lowest BCUT2D eigenvalue weighted by molar-refractivity contribution is 0.128. The van der Waals surface area contributed by atoms with Crippen molar-refractivity contribution >= 4 is 11.6 Å². The van der Waals surface area contributed by atoms with Crippen molar-refractivity contribution in [1.29, 1.82) is 0 Å². The number of methoxy groups -OCH3 is 1. The quantitative estimate of drug-likeness (QED) is 0.904. The third kappa shape index (κ3) is 2.95. The maximum absolute atomic E-state index is 5.47. The molecule has 0 bridgehead atoms. The van der Waals surface area contributed by atoms with Crippen LogP contribution in [0.3, 0.4) is 0 Å². The molecule has 112 valence electrons. The first-order chi connectivity index (χ1) is 9.47. The Morgan fingerprint density at radius 2 is 1.80 bits per heavy atom. The summed E-state index contributed by atoms with van der Waals surface area (Å²) in [5, 5.41) is 3.05. The van der Waals surface area contributed by atoms with Crippen LogP contribution in [0.2, 0.25) is 0 Å². The van der Waals surface area contributed by atoms with E-state index in [-0.39, 0.29) is 5.54 Å². The lowest BCUT2D eigenvalue weighted by atomic mass is 10.1. The van der Waals surface area contributed by atoms with E-state index in [1.54, 1.807) is 13.4 Å². The summed E-state index contributed by atoms with van der Waals surface area (Å²) in [6.07, 6.45) is 1.58. The molecular weight excluding hydrogens is 254 g/mol. The number of nitrogens with one attached hydrogen (secondary N) is 1. The van der Waals surface area contributed by atoms with Gasteiger partial charge in [-0.3, -0.25) is 4.90 Å². The van der Waals surface area contributed by atoms with E-state index in [4.69, 9.17) is 4.74 Å². The molecule has 0 radical (unpaired) electrons. The van der Waals surface area contributed by atoms with Gasteiger partial charge in [0.2, 0.25) is 5.75 Å². The average molecular weight is 279 g/mol. The van der Waals surface area contributed by atoms with Crippen LogP contribution in [0.25, 0.3) is 0 Å². The van der Waals surface area contributed by atoms with Gasteiger partial charge in [0, 0.05) is 38.8 Å². The molecule has 1 saturated heterocycles. The summed E-state index contributed by atoms with van der Waals surface area (Å²) in [5.74, 6) is 2.33. The molecule has 6 nitrogen and oxygen atoms in total. The Bertz CT molecular complexity index is 449. The fourth-order valence-electron chi connectivity index (χ4n) is 2.54. The maximum atomic E-state index is 5.47. The number of aromatic nitrogens is 2. The number of anilines is 2. The summed E-state index contributed by atoms with van der Waals surface area (Å²) in [7, 11) is 3.50. The smallest absolute Gasteiger partial charge is 0.204 e. The first-order valence-corrected chi connectivity index (χ1v) is 7.04. The zero-order chi connectivity index (χ0) is 14.8. The molecule has 2 rings (SSSR count). The Hall–Kier alpha value is -1.56. The molecular formula is C14H25N5O. The number of nitrogens with zero attached hydrogens (tertiary/aromatic N) is 4. The van der Waals surface area contributed by atoms with Gasteiger partial charge in [-0.25, -0.2) is 9.97 Å². The molecule has 0 amide bonds. The highest BCUT2D eigenvalue weighted by Crippen LogP contribution is 2.32. The topological polar surface area (TPSA) is 53.5 Å². The number of ether oxygens (including phenoxy) is 1. The van der Waals surface area contributed by atoms with Crippen molar-refractivity contribution in [3.8, 4) is 5.75 Å². The molecule has 0 saturated carbocycles. The second kappa shape index (κ2) is 5.83. The Morgan fingerprint density at radius 1 is 1.15 bits per heavy atom. The monoisotopic (exact) mass is 279 g/mol. The second-order valence-electron chi connectivity index (χ2n) is 5.97. The van der Waals surface area contributed by atoms with Gasteiger partial charge < -0.3 is 15.0 Å². The van der Waals surface area contributed by atoms with Crippen LogP contribution in [0.4, 0.5) is 11.6 Å². The van der Waals surface area contributed by atoms with Gasteiger partial charge in [0.1, 0.15) is 6.33 Å². The lowest BCUT2D eigenvalue weighted by Gasteiger charge is -2.42. The van der Waals surface area contributed by atoms with Gasteiger partial charge in [-0.1, -0.05) is 0 Å². The molecule has 1 aromatic heterocycles. The first-order valence-electron chi connectivity index (χ1n) is 7.04. The van der Waals surface area contributed by atoms with Crippen LogP contribution in [0.5, 0.6) is 5.75 Å². The van der Waals surface area contributed by atoms with Crippen molar-refractivity contribution in [2.24, 2.45) is 0 Å². The Balaban J connectivity index is 2.15. The SMILES string of the molecule is CNc1ncnc(N2CCN(C(C)(C)C)CC2)c1OC. The van der Waals surface area contributed by atoms with Gasteiger partial charge in [-0.15, -0.1) is 0 Å². The Kier molecular flexibility index (Phi) is 4.32. The van der Waals surface area contributed by atoms with E-state index in [9.17, 15) is 0 Å². The molecule has 1 aliphatic heterocycles. The molecule has 20 heavy (non-hydrogen) atoms. The molecule has 0 aliphatic carbocycles. The molecule has 1 aromatic rings. The summed E-state index contributed by atoms with van der Waals surface area (Å²) in [5.41, 5.74) is 0.220. The van der Waals surface area contributed by atoms with Gasteiger partial charge in [0.25, 0.3) is 0 Å². The van der Waals surface area contributed by atoms with Crippen LogP contribution in [-0.2, 0) is 0 Å². The summed E-state index contributed by atoms with van der Waals surface area (Å²) in [6, 6.07) is 0. The molecule has 6 heteroatoms. The molecule has 1 fully saturated rings. The number of hydrogen-bond donors (Lipinski definition) is 1. The zero-order valence-corrected chi connectivity index (χ0v) is 13.1. The normalized spacial score (nSPS) is 17.1. The summed E-state index contributed by atoms with van der Waals surface area (Å²) in [6.45, 7) is 10.7. The molecule has 1 N–H and O–H groups in total. The van der Waals surface area contributed by atoms with Crippen molar-refractivity contribution in [2.45, 2.75) is 26.3 Å². The van der Waals surface area contributed by atoms with E-state index < -0.39 is 0 Å². The van der Waals surface area contributed by atoms with Gasteiger partial charge in [0.05, 0.1) is 7.11 Å². The fraction of sp³-hybridized carbons (Fsp3) is 0.714. The van der Waals surface area contributed by atoms with E-state index >= 15 is 0 Å². The third-order valence-corrected chi connectivity index (χ3v) is 3.75. The predicted molar refractivity (Wildman–Crippen MR) is 81.7 cm³/mol. The minimum absolute atomic E-state index is 0.220. The van der Waals surface area contributed by atoms with Crippen molar-refractivity contribution in [1.82, 2.24) is 14.9 Å². The highest BCUT2D eigenvalue weighted by Gasteiger charge is 2.28. The van der Waals surface area contributed by atoms with Gasteiger partial charge in [0.15, 0.2) is 11.6 Å². The summed E-state index contributed by atoms with van der Waals surface area (Å²) in [4.78, 5) is 13.4. The van der Waals surface area contributed by atoms with Crippen LogP contribution in [-0.4, -0.2) is 60.7 Å². The van der Waals surface area contributed by atoms with E-state index in [0.717, 1.165) is 43.6 Å². The summed E-state index contributed by atoms with van der Waals surface area (Å²) < 4.78 is 5.47.